The second kappa shape index (κ2) is 6.56. The van der Waals surface area contributed by atoms with Crippen LogP contribution in [-0.4, -0.2) is 25.7 Å². The molecule has 124 valence electrons. The van der Waals surface area contributed by atoms with Crippen LogP contribution in [0.1, 0.15) is 33.5 Å². The van der Waals surface area contributed by atoms with Gasteiger partial charge in [-0.15, -0.1) is 0 Å². The summed E-state index contributed by atoms with van der Waals surface area (Å²) in [5.74, 6) is 1.60. The van der Waals surface area contributed by atoms with Gasteiger partial charge < -0.3 is 14.8 Å². The predicted molar refractivity (Wildman–Crippen MR) is 91.9 cm³/mol. The number of ether oxygens (including phenoxy) is 2. The Kier molecular flexibility index (Phi) is 4.11. The summed E-state index contributed by atoms with van der Waals surface area (Å²) >= 11 is 0. The highest BCUT2D eigenvalue weighted by atomic mass is 16.6. The van der Waals surface area contributed by atoms with Crippen LogP contribution in [0.3, 0.4) is 0 Å². The minimum Gasteiger partial charge on any atom is -0.486 e. The van der Waals surface area contributed by atoms with E-state index in [9.17, 15) is 4.79 Å². The molecule has 2 aromatic rings. The van der Waals surface area contributed by atoms with Crippen LogP contribution < -0.4 is 14.8 Å². The number of rotatable bonds is 4. The molecule has 4 rings (SSSR count). The standard InChI is InChI=1S/C20H21NO3/c22-20(17-6-5-15-2-1-3-16(15)13-17)21-9-8-14-4-7-18-19(12-14)24-11-10-23-18/h4-7,12-13H,1-3,8-11H2,(H,21,22). The van der Waals surface area contributed by atoms with E-state index in [1.165, 1.54) is 17.5 Å². The van der Waals surface area contributed by atoms with Crippen molar-refractivity contribution in [2.45, 2.75) is 25.7 Å². The quantitative estimate of drug-likeness (QED) is 0.941. The number of amides is 1. The molecule has 0 spiro atoms. The Morgan fingerprint density at radius 3 is 2.71 bits per heavy atom. The first-order valence-corrected chi connectivity index (χ1v) is 8.58. The Labute approximate surface area is 141 Å². The van der Waals surface area contributed by atoms with Crippen molar-refractivity contribution in [3.63, 3.8) is 0 Å². The summed E-state index contributed by atoms with van der Waals surface area (Å²) < 4.78 is 11.1. The summed E-state index contributed by atoms with van der Waals surface area (Å²) in [5.41, 5.74) is 4.61. The smallest absolute Gasteiger partial charge is 0.251 e. The van der Waals surface area contributed by atoms with Crippen LogP contribution in [0.5, 0.6) is 11.5 Å². The lowest BCUT2D eigenvalue weighted by Gasteiger charge is -2.18. The van der Waals surface area contributed by atoms with Crippen molar-refractivity contribution < 1.29 is 14.3 Å². The van der Waals surface area contributed by atoms with Gasteiger partial charge in [0.25, 0.3) is 5.91 Å². The van der Waals surface area contributed by atoms with Crippen molar-refractivity contribution in [1.82, 2.24) is 5.32 Å². The minimum atomic E-state index is 0.00208. The van der Waals surface area contributed by atoms with Crippen LogP contribution in [-0.2, 0) is 19.3 Å². The van der Waals surface area contributed by atoms with Gasteiger partial charge in [0.15, 0.2) is 11.5 Å². The third-order valence-corrected chi connectivity index (χ3v) is 4.67. The highest BCUT2D eigenvalue weighted by Crippen LogP contribution is 2.30. The van der Waals surface area contributed by atoms with E-state index in [1.54, 1.807) is 0 Å². The summed E-state index contributed by atoms with van der Waals surface area (Å²) in [5, 5.41) is 3.01. The molecule has 4 nitrogen and oxygen atoms in total. The fraction of sp³-hybridized carbons (Fsp3) is 0.350. The van der Waals surface area contributed by atoms with Gasteiger partial charge in [0.05, 0.1) is 0 Å². The molecule has 24 heavy (non-hydrogen) atoms. The van der Waals surface area contributed by atoms with E-state index in [1.807, 2.05) is 30.3 Å². The zero-order valence-electron chi connectivity index (χ0n) is 13.6. The zero-order chi connectivity index (χ0) is 16.4. The molecule has 1 aliphatic carbocycles. The maximum atomic E-state index is 12.3. The van der Waals surface area contributed by atoms with E-state index in [-0.39, 0.29) is 5.91 Å². The summed E-state index contributed by atoms with van der Waals surface area (Å²) in [4.78, 5) is 12.3. The monoisotopic (exact) mass is 323 g/mol. The molecule has 2 aromatic carbocycles. The SMILES string of the molecule is O=C(NCCc1ccc2c(c1)OCCO2)c1ccc2c(c1)CCC2. The molecule has 0 bridgehead atoms. The van der Waals surface area contributed by atoms with Crippen LogP contribution in [0.15, 0.2) is 36.4 Å². The molecule has 1 amide bonds. The fourth-order valence-electron chi connectivity index (χ4n) is 3.38. The van der Waals surface area contributed by atoms with Crippen molar-refractivity contribution in [2.24, 2.45) is 0 Å². The van der Waals surface area contributed by atoms with Gasteiger partial charge in [-0.2, -0.15) is 0 Å². The van der Waals surface area contributed by atoms with Crippen molar-refractivity contribution >= 4 is 5.91 Å². The average molecular weight is 323 g/mol. The number of carbonyl (C=O) groups is 1. The van der Waals surface area contributed by atoms with Crippen LogP contribution in [0.4, 0.5) is 0 Å². The van der Waals surface area contributed by atoms with Gasteiger partial charge in [0.1, 0.15) is 13.2 Å². The third kappa shape index (κ3) is 3.09. The van der Waals surface area contributed by atoms with Gasteiger partial charge in [0.2, 0.25) is 0 Å². The van der Waals surface area contributed by atoms with Crippen LogP contribution >= 0.6 is 0 Å². The molecule has 0 radical (unpaired) electrons. The number of fused-ring (bicyclic) bond motifs is 2. The highest BCUT2D eigenvalue weighted by molar-refractivity contribution is 5.94. The molecule has 2 aliphatic rings. The normalized spacial score (nSPS) is 15.0. The van der Waals surface area contributed by atoms with Crippen LogP contribution in [0.2, 0.25) is 0 Å². The molecule has 0 saturated heterocycles. The second-order valence-electron chi connectivity index (χ2n) is 6.32. The third-order valence-electron chi connectivity index (χ3n) is 4.67. The van der Waals surface area contributed by atoms with E-state index in [2.05, 4.69) is 11.4 Å². The summed E-state index contributed by atoms with van der Waals surface area (Å²) in [6.07, 6.45) is 4.20. The number of hydrogen-bond acceptors (Lipinski definition) is 3. The van der Waals surface area contributed by atoms with E-state index in [0.29, 0.717) is 19.8 Å². The maximum Gasteiger partial charge on any atom is 0.251 e. The average Bonchev–Trinajstić information content (AvgIpc) is 3.09. The molecular formula is C20H21NO3. The Hall–Kier alpha value is -2.49. The van der Waals surface area contributed by atoms with Crippen molar-refractivity contribution in [3.05, 3.63) is 58.7 Å². The van der Waals surface area contributed by atoms with E-state index in [4.69, 9.17) is 9.47 Å². The first-order valence-electron chi connectivity index (χ1n) is 8.58. The number of carbonyl (C=O) groups excluding carboxylic acids is 1. The molecule has 0 atom stereocenters. The van der Waals surface area contributed by atoms with Crippen LogP contribution in [0.25, 0.3) is 0 Å². The number of nitrogens with one attached hydrogen (secondary N) is 1. The van der Waals surface area contributed by atoms with Gasteiger partial charge in [-0.3, -0.25) is 4.79 Å². The molecule has 1 aliphatic heterocycles. The van der Waals surface area contributed by atoms with Crippen molar-refractivity contribution in [3.8, 4) is 11.5 Å². The van der Waals surface area contributed by atoms with E-state index in [0.717, 1.165) is 41.9 Å². The Bertz CT molecular complexity index is 769. The summed E-state index contributed by atoms with van der Waals surface area (Å²) in [6, 6.07) is 12.0. The zero-order valence-corrected chi connectivity index (χ0v) is 13.6. The number of benzene rings is 2. The Morgan fingerprint density at radius 2 is 1.79 bits per heavy atom. The lowest BCUT2D eigenvalue weighted by molar-refractivity contribution is 0.0954. The predicted octanol–water partition coefficient (Wildman–Crippen LogP) is 2.92. The fourth-order valence-corrected chi connectivity index (χ4v) is 3.38. The number of aryl methyl sites for hydroxylation is 2. The highest BCUT2D eigenvalue weighted by Gasteiger charge is 2.14. The molecule has 0 unspecified atom stereocenters. The Balaban J connectivity index is 1.34. The maximum absolute atomic E-state index is 12.3. The Morgan fingerprint density at radius 1 is 0.958 bits per heavy atom. The first-order chi connectivity index (χ1) is 11.8. The van der Waals surface area contributed by atoms with Crippen molar-refractivity contribution in [1.29, 1.82) is 0 Å². The molecule has 4 heteroatoms. The summed E-state index contributed by atoms with van der Waals surface area (Å²) in [6.45, 7) is 1.80. The molecule has 0 fully saturated rings. The van der Waals surface area contributed by atoms with Gasteiger partial charge >= 0.3 is 0 Å². The topological polar surface area (TPSA) is 47.6 Å². The first kappa shape index (κ1) is 15.1. The molecule has 1 N–H and O–H groups in total. The largest absolute Gasteiger partial charge is 0.486 e. The molecule has 0 saturated carbocycles. The minimum absolute atomic E-state index is 0.00208. The van der Waals surface area contributed by atoms with Gasteiger partial charge in [-0.1, -0.05) is 12.1 Å². The lowest BCUT2D eigenvalue weighted by Crippen LogP contribution is -2.25. The lowest BCUT2D eigenvalue weighted by atomic mass is 10.1. The molecular weight excluding hydrogens is 302 g/mol. The van der Waals surface area contributed by atoms with Gasteiger partial charge in [-0.05, 0) is 66.6 Å². The van der Waals surface area contributed by atoms with E-state index < -0.39 is 0 Å². The summed E-state index contributed by atoms with van der Waals surface area (Å²) in [7, 11) is 0. The van der Waals surface area contributed by atoms with Gasteiger partial charge in [0, 0.05) is 12.1 Å². The van der Waals surface area contributed by atoms with Gasteiger partial charge in [-0.25, -0.2) is 0 Å². The van der Waals surface area contributed by atoms with E-state index >= 15 is 0 Å². The van der Waals surface area contributed by atoms with Crippen molar-refractivity contribution in [2.75, 3.05) is 19.8 Å². The van der Waals surface area contributed by atoms with Crippen LogP contribution in [0, 0.1) is 0 Å². The molecule has 1 heterocycles. The number of hydrogen-bond donors (Lipinski definition) is 1. The second-order valence-corrected chi connectivity index (χ2v) is 6.32. The molecule has 0 aromatic heterocycles.